The highest BCUT2D eigenvalue weighted by molar-refractivity contribution is 9.10. The Morgan fingerprint density at radius 1 is 1.20 bits per heavy atom. The molecule has 3 rings (SSSR count). The van der Waals surface area contributed by atoms with Crippen LogP contribution in [0.15, 0.2) is 34.8 Å². The summed E-state index contributed by atoms with van der Waals surface area (Å²) in [6.07, 6.45) is 4.94. The van der Waals surface area contributed by atoms with E-state index in [1.165, 1.54) is 0 Å². The fraction of sp³-hybridized carbons (Fsp3) is 0.389. The second-order valence-corrected chi connectivity index (χ2v) is 6.90. The number of rotatable bonds is 5. The van der Waals surface area contributed by atoms with Crippen LogP contribution in [0.1, 0.15) is 18.4 Å². The first-order valence-corrected chi connectivity index (χ1v) is 8.79. The number of carbonyl (C=O) groups is 3. The van der Waals surface area contributed by atoms with Gasteiger partial charge in [0.25, 0.3) is 0 Å². The largest absolute Gasteiger partial charge is 0.496 e. The quantitative estimate of drug-likeness (QED) is 0.425. The lowest BCUT2D eigenvalue weighted by molar-refractivity contribution is -0.153. The van der Waals surface area contributed by atoms with Crippen molar-refractivity contribution in [2.75, 3.05) is 13.7 Å². The van der Waals surface area contributed by atoms with Crippen LogP contribution in [0.2, 0.25) is 0 Å². The third kappa shape index (κ3) is 3.61. The molecular weight excluding hydrogens is 390 g/mol. The third-order valence-corrected chi connectivity index (χ3v) is 5.12. The van der Waals surface area contributed by atoms with Crippen LogP contribution in [0.5, 0.6) is 5.75 Å². The summed E-state index contributed by atoms with van der Waals surface area (Å²) in [6.45, 7) is -0.270. The second kappa shape index (κ2) is 7.39. The first-order chi connectivity index (χ1) is 12.0. The van der Waals surface area contributed by atoms with E-state index in [1.54, 1.807) is 25.3 Å². The monoisotopic (exact) mass is 407 g/mol. The Labute approximate surface area is 153 Å². The van der Waals surface area contributed by atoms with Crippen LogP contribution in [-0.4, -0.2) is 36.3 Å². The normalized spacial score (nSPS) is 22.1. The number of allylic oxidation sites excluding steroid dienone is 2. The third-order valence-electron chi connectivity index (χ3n) is 4.50. The van der Waals surface area contributed by atoms with Crippen LogP contribution in [0.25, 0.3) is 0 Å². The maximum absolute atomic E-state index is 12.3. The van der Waals surface area contributed by atoms with Crippen LogP contribution >= 0.6 is 15.9 Å². The van der Waals surface area contributed by atoms with Gasteiger partial charge in [0.05, 0.1) is 23.4 Å². The van der Waals surface area contributed by atoms with E-state index in [0.717, 1.165) is 14.9 Å². The number of imide groups is 1. The summed E-state index contributed by atoms with van der Waals surface area (Å²) in [6, 6.07) is 5.33. The van der Waals surface area contributed by atoms with Gasteiger partial charge in [-0.2, -0.15) is 0 Å². The average molecular weight is 408 g/mol. The molecule has 2 aliphatic rings. The fourth-order valence-corrected chi connectivity index (χ4v) is 3.75. The number of hydrogen-bond acceptors (Lipinski definition) is 5. The van der Waals surface area contributed by atoms with E-state index in [2.05, 4.69) is 15.9 Å². The predicted molar refractivity (Wildman–Crippen MR) is 92.6 cm³/mol. The van der Waals surface area contributed by atoms with E-state index in [-0.39, 0.29) is 36.8 Å². The minimum atomic E-state index is -0.597. The van der Waals surface area contributed by atoms with Crippen LogP contribution in [0.3, 0.4) is 0 Å². The second-order valence-electron chi connectivity index (χ2n) is 6.05. The minimum absolute atomic E-state index is 0.0616. The summed E-state index contributed by atoms with van der Waals surface area (Å²) in [7, 11) is 1.57. The predicted octanol–water partition coefficient (Wildman–Crippen LogP) is 2.45. The molecule has 0 saturated carbocycles. The highest BCUT2D eigenvalue weighted by Crippen LogP contribution is 2.34. The van der Waals surface area contributed by atoms with Crippen molar-refractivity contribution in [1.82, 2.24) is 4.90 Å². The van der Waals surface area contributed by atoms with Gasteiger partial charge in [0.15, 0.2) is 0 Å². The van der Waals surface area contributed by atoms with Crippen molar-refractivity contribution in [3.05, 3.63) is 40.4 Å². The summed E-state index contributed by atoms with van der Waals surface area (Å²) in [5.41, 5.74) is 0.776. The number of benzene rings is 1. The zero-order valence-corrected chi connectivity index (χ0v) is 15.3. The van der Waals surface area contributed by atoms with E-state index in [4.69, 9.17) is 9.47 Å². The van der Waals surface area contributed by atoms with Crippen molar-refractivity contribution in [1.29, 1.82) is 0 Å². The molecule has 2 amide bonds. The van der Waals surface area contributed by atoms with Gasteiger partial charge >= 0.3 is 5.97 Å². The van der Waals surface area contributed by atoms with E-state index in [1.807, 2.05) is 12.2 Å². The van der Waals surface area contributed by atoms with Gasteiger partial charge in [0.1, 0.15) is 18.9 Å². The summed E-state index contributed by atoms with van der Waals surface area (Å²) in [5.74, 6) is -1.13. The number of esters is 1. The SMILES string of the molecule is COc1ccc(COC(=O)CN2C(=O)[C@H]3CC=CC[C@@H]3C2=O)cc1Br. The van der Waals surface area contributed by atoms with E-state index < -0.39 is 5.97 Å². The molecule has 25 heavy (non-hydrogen) atoms. The average Bonchev–Trinajstić information content (AvgIpc) is 2.85. The lowest BCUT2D eigenvalue weighted by atomic mass is 9.85. The molecule has 1 aromatic carbocycles. The Balaban J connectivity index is 1.57. The molecule has 0 radical (unpaired) electrons. The Morgan fingerprint density at radius 3 is 2.40 bits per heavy atom. The van der Waals surface area contributed by atoms with Crippen molar-refractivity contribution in [2.45, 2.75) is 19.4 Å². The number of fused-ring (bicyclic) bond motifs is 1. The Hall–Kier alpha value is -2.15. The molecule has 1 heterocycles. The van der Waals surface area contributed by atoms with Crippen LogP contribution < -0.4 is 4.74 Å². The molecule has 6 nitrogen and oxygen atoms in total. The van der Waals surface area contributed by atoms with Crippen molar-refractivity contribution in [2.24, 2.45) is 11.8 Å². The maximum atomic E-state index is 12.3. The van der Waals surface area contributed by atoms with Crippen LogP contribution in [-0.2, 0) is 25.7 Å². The Morgan fingerprint density at radius 2 is 1.84 bits per heavy atom. The summed E-state index contributed by atoms with van der Waals surface area (Å²) >= 11 is 3.37. The summed E-state index contributed by atoms with van der Waals surface area (Å²) in [4.78, 5) is 37.7. The number of amides is 2. The molecule has 0 bridgehead atoms. The van der Waals surface area contributed by atoms with E-state index in [9.17, 15) is 14.4 Å². The number of carbonyl (C=O) groups excluding carboxylic acids is 3. The molecule has 1 saturated heterocycles. The fourth-order valence-electron chi connectivity index (χ4n) is 3.16. The number of nitrogens with zero attached hydrogens (tertiary/aromatic N) is 1. The number of likely N-dealkylation sites (tertiary alicyclic amines) is 1. The van der Waals surface area contributed by atoms with E-state index >= 15 is 0 Å². The van der Waals surface area contributed by atoms with Crippen molar-refractivity contribution in [3.63, 3.8) is 0 Å². The van der Waals surface area contributed by atoms with Crippen LogP contribution in [0, 0.1) is 11.8 Å². The lowest BCUT2D eigenvalue weighted by Crippen LogP contribution is -2.36. The topological polar surface area (TPSA) is 72.9 Å². The van der Waals surface area contributed by atoms with Gasteiger partial charge in [-0.25, -0.2) is 0 Å². The first-order valence-electron chi connectivity index (χ1n) is 7.99. The smallest absolute Gasteiger partial charge is 0.326 e. The highest BCUT2D eigenvalue weighted by atomic mass is 79.9. The molecule has 132 valence electrons. The first kappa shape index (κ1) is 17.7. The van der Waals surface area contributed by atoms with Gasteiger partial charge in [-0.05, 0) is 46.5 Å². The minimum Gasteiger partial charge on any atom is -0.496 e. The molecule has 7 heteroatoms. The van der Waals surface area contributed by atoms with Gasteiger partial charge in [-0.15, -0.1) is 0 Å². The summed E-state index contributed by atoms with van der Waals surface area (Å²) in [5, 5.41) is 0. The molecule has 1 fully saturated rings. The zero-order valence-electron chi connectivity index (χ0n) is 13.7. The van der Waals surface area contributed by atoms with Gasteiger partial charge in [0, 0.05) is 0 Å². The van der Waals surface area contributed by atoms with Gasteiger partial charge in [-0.3, -0.25) is 19.3 Å². The molecule has 2 atom stereocenters. The van der Waals surface area contributed by atoms with Gasteiger partial charge in [-0.1, -0.05) is 18.2 Å². The van der Waals surface area contributed by atoms with Crippen molar-refractivity contribution >= 4 is 33.7 Å². The molecule has 0 unspecified atom stereocenters. The highest BCUT2D eigenvalue weighted by Gasteiger charge is 2.47. The lowest BCUT2D eigenvalue weighted by Gasteiger charge is -2.14. The number of ether oxygens (including phenoxy) is 2. The molecule has 0 aromatic heterocycles. The molecule has 1 aromatic rings. The van der Waals surface area contributed by atoms with Crippen molar-refractivity contribution in [3.8, 4) is 5.75 Å². The van der Waals surface area contributed by atoms with Gasteiger partial charge in [0.2, 0.25) is 11.8 Å². The molecule has 0 spiro atoms. The number of halogens is 1. The number of methoxy groups -OCH3 is 1. The molecule has 0 N–H and O–H groups in total. The molecule has 1 aliphatic heterocycles. The summed E-state index contributed by atoms with van der Waals surface area (Å²) < 4.78 is 11.1. The Kier molecular flexibility index (Phi) is 5.22. The van der Waals surface area contributed by atoms with Crippen molar-refractivity contribution < 1.29 is 23.9 Å². The standard InChI is InChI=1S/C18H18BrNO5/c1-24-15-7-6-11(8-14(15)19)10-25-16(21)9-20-17(22)12-4-2-3-5-13(12)18(20)23/h2-3,6-8,12-13H,4-5,9-10H2,1H3/t12-,13-/m0/s1. The van der Waals surface area contributed by atoms with E-state index in [0.29, 0.717) is 18.6 Å². The Bertz CT molecular complexity index is 719. The van der Waals surface area contributed by atoms with Crippen LogP contribution in [0.4, 0.5) is 0 Å². The molecular formula is C18H18BrNO5. The zero-order chi connectivity index (χ0) is 18.0. The maximum Gasteiger partial charge on any atom is 0.326 e. The molecule has 1 aliphatic carbocycles. The van der Waals surface area contributed by atoms with Gasteiger partial charge < -0.3 is 9.47 Å². The number of hydrogen-bond donors (Lipinski definition) is 0.